The van der Waals surface area contributed by atoms with Crippen molar-refractivity contribution in [3.8, 4) is 0 Å². The predicted octanol–water partition coefficient (Wildman–Crippen LogP) is 3.57. The van der Waals surface area contributed by atoms with Crippen molar-refractivity contribution in [3.05, 3.63) is 34.6 Å². The topological polar surface area (TPSA) is 3.24 Å². The molecule has 1 aromatic carbocycles. The second-order valence-electron chi connectivity index (χ2n) is 4.60. The third-order valence-corrected chi connectivity index (χ3v) is 3.07. The van der Waals surface area contributed by atoms with Crippen LogP contribution >= 0.6 is 0 Å². The molecule has 0 radical (unpaired) electrons. The zero-order valence-corrected chi connectivity index (χ0v) is 9.61. The SMILES string of the molecule is CC(C)N1Cc2cc(F)c(C(F)(F)F)cc2C1. The van der Waals surface area contributed by atoms with Crippen molar-refractivity contribution in [1.29, 1.82) is 0 Å². The summed E-state index contributed by atoms with van der Waals surface area (Å²) >= 11 is 0. The summed E-state index contributed by atoms with van der Waals surface area (Å²) in [5.41, 5.74) is 0.0680. The molecule has 1 aliphatic heterocycles. The van der Waals surface area contributed by atoms with Gasteiger partial charge in [0.1, 0.15) is 5.82 Å². The van der Waals surface area contributed by atoms with Crippen LogP contribution in [0.4, 0.5) is 17.6 Å². The second-order valence-corrected chi connectivity index (χ2v) is 4.60. The lowest BCUT2D eigenvalue weighted by Crippen LogP contribution is -2.24. The van der Waals surface area contributed by atoms with Gasteiger partial charge in [0.15, 0.2) is 0 Å². The lowest BCUT2D eigenvalue weighted by molar-refractivity contribution is -0.140. The van der Waals surface area contributed by atoms with Gasteiger partial charge >= 0.3 is 6.18 Å². The average molecular weight is 247 g/mol. The van der Waals surface area contributed by atoms with E-state index in [0.717, 1.165) is 12.1 Å². The van der Waals surface area contributed by atoms with E-state index >= 15 is 0 Å². The van der Waals surface area contributed by atoms with Gasteiger partial charge in [0.25, 0.3) is 0 Å². The smallest absolute Gasteiger partial charge is 0.292 e. The molecule has 0 bridgehead atoms. The van der Waals surface area contributed by atoms with Crippen LogP contribution in [-0.2, 0) is 19.3 Å². The van der Waals surface area contributed by atoms with Gasteiger partial charge in [-0.25, -0.2) is 4.39 Å². The highest BCUT2D eigenvalue weighted by Crippen LogP contribution is 2.35. The van der Waals surface area contributed by atoms with Gasteiger partial charge in [0, 0.05) is 19.1 Å². The summed E-state index contributed by atoms with van der Waals surface area (Å²) in [5, 5.41) is 0. The molecule has 0 amide bonds. The standard InChI is InChI=1S/C12H13F4N/c1-7(2)17-5-8-3-10(12(14,15)16)11(13)4-9(8)6-17/h3-4,7H,5-6H2,1-2H3. The minimum Gasteiger partial charge on any atom is -0.292 e. The molecule has 1 aromatic rings. The molecule has 5 heteroatoms. The number of rotatable bonds is 1. The number of alkyl halides is 3. The first-order valence-electron chi connectivity index (χ1n) is 5.41. The molecule has 0 N–H and O–H groups in total. The van der Waals surface area contributed by atoms with Crippen molar-refractivity contribution >= 4 is 0 Å². The van der Waals surface area contributed by atoms with Crippen LogP contribution in [-0.4, -0.2) is 10.9 Å². The Hall–Kier alpha value is -1.10. The highest BCUT2D eigenvalue weighted by Gasteiger charge is 2.36. The highest BCUT2D eigenvalue weighted by atomic mass is 19.4. The maximum atomic E-state index is 13.3. The van der Waals surface area contributed by atoms with Crippen LogP contribution in [0.2, 0.25) is 0 Å². The molecule has 1 aliphatic rings. The van der Waals surface area contributed by atoms with Crippen LogP contribution in [0.3, 0.4) is 0 Å². The van der Waals surface area contributed by atoms with Gasteiger partial charge in [-0.2, -0.15) is 13.2 Å². The minimum atomic E-state index is -4.62. The molecule has 0 unspecified atom stereocenters. The van der Waals surface area contributed by atoms with Crippen LogP contribution in [0.15, 0.2) is 12.1 Å². The van der Waals surface area contributed by atoms with Crippen LogP contribution in [0, 0.1) is 5.82 Å². The average Bonchev–Trinajstić information content (AvgIpc) is 2.57. The fourth-order valence-corrected chi connectivity index (χ4v) is 2.03. The van der Waals surface area contributed by atoms with Gasteiger partial charge in [-0.3, -0.25) is 4.90 Å². The molecule has 1 heterocycles. The number of benzene rings is 1. The maximum Gasteiger partial charge on any atom is 0.419 e. The van der Waals surface area contributed by atoms with Gasteiger partial charge in [0.05, 0.1) is 5.56 Å². The molecule has 0 saturated carbocycles. The maximum absolute atomic E-state index is 13.3. The first kappa shape index (κ1) is 12.4. The van der Waals surface area contributed by atoms with Crippen molar-refractivity contribution in [2.45, 2.75) is 39.2 Å². The molecule has 0 atom stereocenters. The predicted molar refractivity (Wildman–Crippen MR) is 55.8 cm³/mol. The molecular formula is C12H13F4N. The fraction of sp³-hybridized carbons (Fsp3) is 0.500. The Labute approximate surface area is 97.0 Å². The van der Waals surface area contributed by atoms with Gasteiger partial charge in [-0.1, -0.05) is 0 Å². The third kappa shape index (κ3) is 2.29. The summed E-state index contributed by atoms with van der Waals surface area (Å²) < 4.78 is 50.9. The highest BCUT2D eigenvalue weighted by molar-refractivity contribution is 5.37. The molecule has 0 aliphatic carbocycles. The van der Waals surface area contributed by atoms with Crippen LogP contribution < -0.4 is 0 Å². The van der Waals surface area contributed by atoms with E-state index in [1.54, 1.807) is 0 Å². The number of fused-ring (bicyclic) bond motifs is 1. The number of nitrogens with zero attached hydrogens (tertiary/aromatic N) is 1. The Balaban J connectivity index is 2.38. The summed E-state index contributed by atoms with van der Waals surface area (Å²) in [5.74, 6) is -1.18. The Morgan fingerprint density at radius 2 is 1.65 bits per heavy atom. The second kappa shape index (κ2) is 3.98. The molecule has 17 heavy (non-hydrogen) atoms. The van der Waals surface area contributed by atoms with E-state index in [1.165, 1.54) is 0 Å². The first-order chi connectivity index (χ1) is 7.79. The van der Waals surface area contributed by atoms with Gasteiger partial charge < -0.3 is 0 Å². The molecule has 1 nitrogen and oxygen atoms in total. The van der Waals surface area contributed by atoms with Gasteiger partial charge in [0.2, 0.25) is 0 Å². The van der Waals surface area contributed by atoms with E-state index in [1.807, 2.05) is 18.7 Å². The Bertz CT molecular complexity index is 437. The lowest BCUT2D eigenvalue weighted by atomic mass is 10.1. The van der Waals surface area contributed by atoms with E-state index in [4.69, 9.17) is 0 Å². The van der Waals surface area contributed by atoms with Crippen molar-refractivity contribution in [2.75, 3.05) is 0 Å². The summed E-state index contributed by atoms with van der Waals surface area (Å²) in [7, 11) is 0. The van der Waals surface area contributed by atoms with Crippen molar-refractivity contribution in [3.63, 3.8) is 0 Å². The lowest BCUT2D eigenvalue weighted by Gasteiger charge is -2.18. The largest absolute Gasteiger partial charge is 0.419 e. The summed E-state index contributed by atoms with van der Waals surface area (Å²) in [6, 6.07) is 2.19. The molecule has 0 aromatic heterocycles. The Kier molecular flexibility index (Phi) is 2.89. The number of hydrogen-bond donors (Lipinski definition) is 0. The molecule has 0 saturated heterocycles. The van der Waals surface area contributed by atoms with E-state index < -0.39 is 17.6 Å². The third-order valence-electron chi connectivity index (χ3n) is 3.07. The molecule has 0 fully saturated rings. The molecular weight excluding hydrogens is 234 g/mol. The molecule has 2 rings (SSSR count). The van der Waals surface area contributed by atoms with Gasteiger partial charge in [-0.15, -0.1) is 0 Å². The van der Waals surface area contributed by atoms with Gasteiger partial charge in [-0.05, 0) is 37.1 Å². The normalized spacial score (nSPS) is 16.6. The quantitative estimate of drug-likeness (QED) is 0.686. The number of halogens is 4. The summed E-state index contributed by atoms with van der Waals surface area (Å²) in [6.07, 6.45) is -4.62. The first-order valence-corrected chi connectivity index (χ1v) is 5.41. The van der Waals surface area contributed by atoms with Crippen LogP contribution in [0.1, 0.15) is 30.5 Å². The summed E-state index contributed by atoms with van der Waals surface area (Å²) in [6.45, 7) is 4.90. The Morgan fingerprint density at radius 3 is 2.12 bits per heavy atom. The minimum absolute atomic E-state index is 0.236. The monoisotopic (exact) mass is 247 g/mol. The van der Waals surface area contributed by atoms with Crippen molar-refractivity contribution < 1.29 is 17.6 Å². The molecule has 94 valence electrons. The summed E-state index contributed by atoms with van der Waals surface area (Å²) in [4.78, 5) is 2.00. The number of hydrogen-bond acceptors (Lipinski definition) is 1. The zero-order chi connectivity index (χ0) is 12.8. The van der Waals surface area contributed by atoms with E-state index in [9.17, 15) is 17.6 Å². The van der Waals surface area contributed by atoms with Crippen LogP contribution in [0.5, 0.6) is 0 Å². The zero-order valence-electron chi connectivity index (χ0n) is 9.61. The van der Waals surface area contributed by atoms with Crippen molar-refractivity contribution in [1.82, 2.24) is 4.90 Å². The van der Waals surface area contributed by atoms with E-state index in [0.29, 0.717) is 24.2 Å². The molecule has 0 spiro atoms. The van der Waals surface area contributed by atoms with Crippen molar-refractivity contribution in [2.24, 2.45) is 0 Å². The van der Waals surface area contributed by atoms with E-state index in [2.05, 4.69) is 0 Å². The fourth-order valence-electron chi connectivity index (χ4n) is 2.03. The van der Waals surface area contributed by atoms with E-state index in [-0.39, 0.29) is 6.04 Å². The Morgan fingerprint density at radius 1 is 1.12 bits per heavy atom. The van der Waals surface area contributed by atoms with Crippen LogP contribution in [0.25, 0.3) is 0 Å².